The van der Waals surface area contributed by atoms with Gasteiger partial charge in [0.2, 0.25) is 0 Å². The summed E-state index contributed by atoms with van der Waals surface area (Å²) < 4.78 is 0. The first kappa shape index (κ1) is 13.0. The van der Waals surface area contributed by atoms with Crippen molar-refractivity contribution >= 4 is 17.7 Å². The van der Waals surface area contributed by atoms with Gasteiger partial charge in [-0.25, -0.2) is 4.98 Å². The molecule has 4 heteroatoms. The van der Waals surface area contributed by atoms with E-state index in [1.54, 1.807) is 12.3 Å². The molecule has 1 rings (SSSR count). The summed E-state index contributed by atoms with van der Waals surface area (Å²) in [5.74, 6) is -0.0221. The summed E-state index contributed by atoms with van der Waals surface area (Å²) >= 11 is 1.49. The number of amides is 1. The van der Waals surface area contributed by atoms with Crippen LogP contribution in [-0.2, 0) is 0 Å². The van der Waals surface area contributed by atoms with Crippen LogP contribution in [0, 0.1) is 0 Å². The third-order valence-corrected chi connectivity index (χ3v) is 3.24. The van der Waals surface area contributed by atoms with Crippen molar-refractivity contribution in [2.45, 2.75) is 37.8 Å². The van der Waals surface area contributed by atoms with Gasteiger partial charge in [-0.3, -0.25) is 4.79 Å². The SMILES string of the molecule is CCC(CC)NC(=O)c1cccnc1SC. The molecule has 0 unspecified atom stereocenters. The van der Waals surface area contributed by atoms with Crippen LogP contribution in [0.15, 0.2) is 23.4 Å². The first-order valence-corrected chi connectivity index (χ1v) is 6.75. The Hall–Kier alpha value is -1.03. The number of hydrogen-bond acceptors (Lipinski definition) is 3. The van der Waals surface area contributed by atoms with Crippen LogP contribution in [0.4, 0.5) is 0 Å². The summed E-state index contributed by atoms with van der Waals surface area (Å²) in [5.41, 5.74) is 0.668. The summed E-state index contributed by atoms with van der Waals surface area (Å²) in [4.78, 5) is 16.2. The normalized spacial score (nSPS) is 10.5. The molecule has 0 spiro atoms. The van der Waals surface area contributed by atoms with Crippen molar-refractivity contribution in [1.29, 1.82) is 0 Å². The number of aromatic nitrogens is 1. The number of hydrogen-bond donors (Lipinski definition) is 1. The molecule has 88 valence electrons. The van der Waals surface area contributed by atoms with E-state index in [1.165, 1.54) is 11.8 Å². The van der Waals surface area contributed by atoms with Gasteiger partial charge < -0.3 is 5.32 Å². The van der Waals surface area contributed by atoms with E-state index in [2.05, 4.69) is 24.1 Å². The quantitative estimate of drug-likeness (QED) is 0.802. The third-order valence-electron chi connectivity index (χ3n) is 2.53. The average Bonchev–Trinajstić information content (AvgIpc) is 2.35. The molecule has 0 fully saturated rings. The van der Waals surface area contributed by atoms with E-state index in [-0.39, 0.29) is 11.9 Å². The van der Waals surface area contributed by atoms with Crippen molar-refractivity contribution in [2.24, 2.45) is 0 Å². The van der Waals surface area contributed by atoms with Gasteiger partial charge in [0.15, 0.2) is 0 Å². The number of carbonyl (C=O) groups is 1. The molecular formula is C12H18N2OS. The monoisotopic (exact) mass is 238 g/mol. The molecule has 0 atom stereocenters. The molecule has 0 aliphatic rings. The van der Waals surface area contributed by atoms with Crippen LogP contribution in [0.2, 0.25) is 0 Å². The lowest BCUT2D eigenvalue weighted by molar-refractivity contribution is 0.0931. The van der Waals surface area contributed by atoms with E-state index >= 15 is 0 Å². The molecule has 0 saturated carbocycles. The van der Waals surface area contributed by atoms with Gasteiger partial charge in [0.1, 0.15) is 5.03 Å². The van der Waals surface area contributed by atoms with Crippen LogP contribution in [0.5, 0.6) is 0 Å². The molecule has 0 aliphatic carbocycles. The number of nitrogens with one attached hydrogen (secondary N) is 1. The summed E-state index contributed by atoms with van der Waals surface area (Å²) in [6, 6.07) is 3.86. The van der Waals surface area contributed by atoms with Crippen LogP contribution in [-0.4, -0.2) is 23.2 Å². The van der Waals surface area contributed by atoms with Gasteiger partial charge in [0.05, 0.1) is 5.56 Å². The molecule has 0 saturated heterocycles. The number of rotatable bonds is 5. The Bertz CT molecular complexity index is 351. The highest BCUT2D eigenvalue weighted by molar-refractivity contribution is 7.98. The van der Waals surface area contributed by atoms with Crippen LogP contribution in [0.1, 0.15) is 37.0 Å². The summed E-state index contributed by atoms with van der Waals surface area (Å²) in [6.45, 7) is 4.15. The van der Waals surface area contributed by atoms with Gasteiger partial charge >= 0.3 is 0 Å². The molecule has 0 radical (unpaired) electrons. The van der Waals surface area contributed by atoms with Gasteiger partial charge in [-0.2, -0.15) is 0 Å². The van der Waals surface area contributed by atoms with Crippen LogP contribution < -0.4 is 5.32 Å². The molecule has 1 amide bonds. The van der Waals surface area contributed by atoms with Gasteiger partial charge in [-0.05, 0) is 31.2 Å². The zero-order chi connectivity index (χ0) is 12.0. The molecule has 1 aromatic heterocycles. The largest absolute Gasteiger partial charge is 0.349 e. The highest BCUT2D eigenvalue weighted by atomic mass is 32.2. The first-order valence-electron chi connectivity index (χ1n) is 5.52. The molecule has 16 heavy (non-hydrogen) atoms. The van der Waals surface area contributed by atoms with Crippen molar-refractivity contribution in [1.82, 2.24) is 10.3 Å². The third kappa shape index (κ3) is 3.23. The topological polar surface area (TPSA) is 42.0 Å². The van der Waals surface area contributed by atoms with E-state index in [9.17, 15) is 4.79 Å². The first-order chi connectivity index (χ1) is 7.72. The Morgan fingerprint density at radius 1 is 1.50 bits per heavy atom. The van der Waals surface area contributed by atoms with Crippen molar-refractivity contribution in [3.8, 4) is 0 Å². The Kier molecular flexibility index (Phi) is 5.32. The molecule has 1 aromatic rings. The zero-order valence-electron chi connectivity index (χ0n) is 9.99. The summed E-state index contributed by atoms with van der Waals surface area (Å²) in [6.07, 6.45) is 5.55. The standard InChI is InChI=1S/C12H18N2OS/c1-4-9(5-2)14-11(15)10-7-6-8-13-12(10)16-3/h6-9H,4-5H2,1-3H3,(H,14,15). The predicted molar refractivity (Wildman–Crippen MR) is 67.9 cm³/mol. The van der Waals surface area contributed by atoms with Crippen molar-refractivity contribution in [3.05, 3.63) is 23.9 Å². The van der Waals surface area contributed by atoms with Crippen LogP contribution in [0.25, 0.3) is 0 Å². The maximum Gasteiger partial charge on any atom is 0.254 e. The second kappa shape index (κ2) is 6.53. The lowest BCUT2D eigenvalue weighted by Crippen LogP contribution is -2.34. The van der Waals surface area contributed by atoms with E-state index in [4.69, 9.17) is 0 Å². The van der Waals surface area contributed by atoms with E-state index in [0.29, 0.717) is 5.56 Å². The summed E-state index contributed by atoms with van der Waals surface area (Å²) in [7, 11) is 0. The predicted octanol–water partition coefficient (Wildman–Crippen LogP) is 2.72. The Morgan fingerprint density at radius 2 is 2.19 bits per heavy atom. The maximum absolute atomic E-state index is 12.0. The number of carbonyl (C=O) groups excluding carboxylic acids is 1. The molecule has 1 heterocycles. The van der Waals surface area contributed by atoms with Crippen LogP contribution >= 0.6 is 11.8 Å². The van der Waals surface area contributed by atoms with Crippen LogP contribution in [0.3, 0.4) is 0 Å². The smallest absolute Gasteiger partial charge is 0.254 e. The molecule has 0 aliphatic heterocycles. The minimum Gasteiger partial charge on any atom is -0.349 e. The van der Waals surface area contributed by atoms with Crippen molar-refractivity contribution in [3.63, 3.8) is 0 Å². The van der Waals surface area contributed by atoms with Crippen molar-refractivity contribution < 1.29 is 4.79 Å². The molecule has 1 N–H and O–H groups in total. The lowest BCUT2D eigenvalue weighted by Gasteiger charge is -2.15. The second-order valence-corrected chi connectivity index (χ2v) is 4.34. The fourth-order valence-corrected chi connectivity index (χ4v) is 2.03. The molecule has 0 bridgehead atoms. The number of pyridine rings is 1. The minimum atomic E-state index is -0.0221. The highest BCUT2D eigenvalue weighted by Gasteiger charge is 2.14. The summed E-state index contributed by atoms with van der Waals surface area (Å²) in [5, 5.41) is 3.80. The Balaban J connectivity index is 2.79. The fourth-order valence-electron chi connectivity index (χ4n) is 1.48. The van der Waals surface area contributed by atoms with E-state index in [0.717, 1.165) is 17.9 Å². The van der Waals surface area contributed by atoms with Gasteiger partial charge in [0, 0.05) is 12.2 Å². The van der Waals surface area contributed by atoms with E-state index < -0.39 is 0 Å². The number of nitrogens with zero attached hydrogens (tertiary/aromatic N) is 1. The van der Waals surface area contributed by atoms with Crippen molar-refractivity contribution in [2.75, 3.05) is 6.26 Å². The van der Waals surface area contributed by atoms with E-state index in [1.807, 2.05) is 12.3 Å². The average molecular weight is 238 g/mol. The lowest BCUT2D eigenvalue weighted by atomic mass is 10.1. The second-order valence-electron chi connectivity index (χ2n) is 3.55. The maximum atomic E-state index is 12.0. The zero-order valence-corrected chi connectivity index (χ0v) is 10.8. The Morgan fingerprint density at radius 3 is 2.75 bits per heavy atom. The molecular weight excluding hydrogens is 220 g/mol. The van der Waals surface area contributed by atoms with Gasteiger partial charge in [-0.1, -0.05) is 13.8 Å². The molecule has 0 aromatic carbocycles. The fraction of sp³-hybridized carbons (Fsp3) is 0.500. The highest BCUT2D eigenvalue weighted by Crippen LogP contribution is 2.16. The van der Waals surface area contributed by atoms with Gasteiger partial charge in [0.25, 0.3) is 5.91 Å². The molecule has 3 nitrogen and oxygen atoms in total. The van der Waals surface area contributed by atoms with Gasteiger partial charge in [-0.15, -0.1) is 11.8 Å². The Labute approximate surface area is 101 Å². The number of thioether (sulfide) groups is 1. The minimum absolute atomic E-state index is 0.0221.